The first-order chi connectivity index (χ1) is 4.72. The van der Waals surface area contributed by atoms with Gasteiger partial charge in [0.1, 0.15) is 11.5 Å². The zero-order valence-electron chi connectivity index (χ0n) is 5.58. The van der Waals surface area contributed by atoms with Crippen LogP contribution in [-0.2, 0) is 6.58 Å². The molecule has 0 unspecified atom stereocenters. The van der Waals surface area contributed by atoms with Crippen LogP contribution in [0.15, 0.2) is 18.3 Å². The molecule has 0 aliphatic heterocycles. The van der Waals surface area contributed by atoms with E-state index in [1.807, 2.05) is 0 Å². The van der Waals surface area contributed by atoms with E-state index in [0.29, 0.717) is 0 Å². The molecule has 0 aliphatic rings. The molecule has 2 nitrogen and oxygen atoms in total. The lowest BCUT2D eigenvalue weighted by molar-refractivity contribution is 0.270. The smallest absolute Gasteiger partial charge is 0.147 e. The summed E-state index contributed by atoms with van der Waals surface area (Å²) in [6.45, 7) is -1.58. The van der Waals surface area contributed by atoms with E-state index < -0.39 is 12.4 Å². The second-order valence-electron chi connectivity index (χ2n) is 1.50. The highest BCUT2D eigenvalue weighted by Crippen LogP contribution is 2.00. The molecule has 3 heteroatoms. The fourth-order valence-corrected chi connectivity index (χ4v) is 0.493. The van der Waals surface area contributed by atoms with Crippen LogP contribution in [-0.4, -0.2) is 10.1 Å². The van der Waals surface area contributed by atoms with E-state index in [2.05, 4.69) is 4.98 Å². The molecule has 0 saturated heterocycles. The molecule has 48 valence electrons. The third-order valence-corrected chi connectivity index (χ3v) is 0.909. The zero-order valence-corrected chi connectivity index (χ0v) is 4.58. The number of nitrogens with zero attached hydrogens (tertiary/aromatic N) is 1. The van der Waals surface area contributed by atoms with Gasteiger partial charge < -0.3 is 5.11 Å². The van der Waals surface area contributed by atoms with Gasteiger partial charge in [-0.25, -0.2) is 4.39 Å². The lowest BCUT2D eigenvalue weighted by atomic mass is 10.3. The average Bonchev–Trinajstić information content (AvgIpc) is 1.88. The number of aliphatic hydroxyl groups is 1. The van der Waals surface area contributed by atoms with E-state index in [4.69, 9.17) is 6.48 Å². The van der Waals surface area contributed by atoms with Crippen LogP contribution in [0.1, 0.15) is 7.06 Å². The fraction of sp³-hybridized carbons (Fsp3) is 0.167. The molecule has 0 spiro atoms. The summed E-state index contributed by atoms with van der Waals surface area (Å²) in [5, 5.41) is 8.57. The molecular weight excluding hydrogens is 121 g/mol. The molecule has 1 N–H and O–H groups in total. The van der Waals surface area contributed by atoms with Crippen molar-refractivity contribution in [2.45, 2.75) is 6.58 Å². The molecule has 9 heavy (non-hydrogen) atoms. The third kappa shape index (κ3) is 1.23. The van der Waals surface area contributed by atoms with E-state index in [-0.39, 0.29) is 5.69 Å². The van der Waals surface area contributed by atoms with Gasteiger partial charge in [-0.1, -0.05) is 0 Å². The first-order valence-corrected chi connectivity index (χ1v) is 2.42. The van der Waals surface area contributed by atoms with Crippen molar-refractivity contribution in [3.05, 3.63) is 29.8 Å². The van der Waals surface area contributed by atoms with Crippen molar-refractivity contribution < 1.29 is 10.9 Å². The number of hydrogen-bond donors (Lipinski definition) is 1. The molecule has 0 saturated carbocycles. The minimum Gasteiger partial charge on any atom is -0.390 e. The van der Waals surface area contributed by atoms with Gasteiger partial charge in [0.2, 0.25) is 0 Å². The van der Waals surface area contributed by atoms with Gasteiger partial charge in [0.05, 0.1) is 7.95 Å². The normalized spacial score (nSPS) is 14.7. The van der Waals surface area contributed by atoms with Gasteiger partial charge in [0.15, 0.2) is 0 Å². The Kier molecular flexibility index (Phi) is 1.38. The maximum Gasteiger partial charge on any atom is 0.147 e. The quantitative estimate of drug-likeness (QED) is 0.604. The molecule has 1 aromatic rings. The van der Waals surface area contributed by atoms with E-state index >= 15 is 0 Å². The number of rotatable bonds is 1. The predicted molar refractivity (Wildman–Crippen MR) is 30.1 cm³/mol. The number of aromatic nitrogens is 1. The Morgan fingerprint density at radius 1 is 1.89 bits per heavy atom. The first kappa shape index (κ1) is 4.88. The highest BCUT2D eigenvalue weighted by molar-refractivity contribution is 5.05. The van der Waals surface area contributed by atoms with Crippen molar-refractivity contribution in [1.29, 1.82) is 0 Å². The average molecular weight is 128 g/mol. The second-order valence-corrected chi connectivity index (χ2v) is 1.50. The van der Waals surface area contributed by atoms with Crippen LogP contribution >= 0.6 is 0 Å². The Bertz CT molecular complexity index is 229. The van der Waals surface area contributed by atoms with Gasteiger partial charge in [-0.05, 0) is 12.1 Å². The Morgan fingerprint density at radius 3 is 3.11 bits per heavy atom. The van der Waals surface area contributed by atoms with Gasteiger partial charge in [-0.2, -0.15) is 0 Å². The lowest BCUT2D eigenvalue weighted by Crippen LogP contribution is -1.91. The SMILES string of the molecule is [2H][C@@H](O)c1ncccc1F. The van der Waals surface area contributed by atoms with Gasteiger partial charge in [-0.3, -0.25) is 4.98 Å². The Hall–Kier alpha value is -0.960. The first-order valence-electron chi connectivity index (χ1n) is 3.00. The number of hydrogen-bond acceptors (Lipinski definition) is 2. The summed E-state index contributed by atoms with van der Waals surface area (Å²) in [5.41, 5.74) is -0.234. The van der Waals surface area contributed by atoms with E-state index in [1.54, 1.807) is 0 Å². The van der Waals surface area contributed by atoms with Gasteiger partial charge >= 0.3 is 0 Å². The van der Waals surface area contributed by atoms with Crippen LogP contribution in [0.25, 0.3) is 0 Å². The minimum absolute atomic E-state index is 0.234. The Balaban J connectivity index is 3.03. The molecule has 0 bridgehead atoms. The second kappa shape index (κ2) is 2.55. The summed E-state index contributed by atoms with van der Waals surface area (Å²) in [5.74, 6) is -0.648. The summed E-state index contributed by atoms with van der Waals surface area (Å²) in [4.78, 5) is 3.47. The van der Waals surface area contributed by atoms with E-state index in [1.165, 1.54) is 12.3 Å². The number of aliphatic hydroxyl groups excluding tert-OH is 1. The summed E-state index contributed by atoms with van der Waals surface area (Å²) in [7, 11) is 0. The third-order valence-electron chi connectivity index (χ3n) is 0.909. The molecule has 1 aromatic heterocycles. The monoisotopic (exact) mass is 128 g/mol. The summed E-state index contributed by atoms with van der Waals surface area (Å²) in [6.07, 6.45) is 1.33. The molecule has 0 amide bonds. The van der Waals surface area contributed by atoms with Crippen molar-refractivity contribution in [2.24, 2.45) is 0 Å². The van der Waals surface area contributed by atoms with Crippen molar-refractivity contribution in [2.75, 3.05) is 0 Å². The topological polar surface area (TPSA) is 33.1 Å². The van der Waals surface area contributed by atoms with Crippen LogP contribution in [0.2, 0.25) is 0 Å². The summed E-state index contributed by atoms with van der Waals surface area (Å²) >= 11 is 0. The zero-order chi connectivity index (χ0) is 7.56. The van der Waals surface area contributed by atoms with Crippen LogP contribution < -0.4 is 0 Å². The summed E-state index contributed by atoms with van der Waals surface area (Å²) in [6, 6.07) is 2.56. The molecule has 0 aromatic carbocycles. The number of halogens is 1. The Morgan fingerprint density at radius 2 is 2.67 bits per heavy atom. The maximum absolute atomic E-state index is 12.5. The largest absolute Gasteiger partial charge is 0.390 e. The molecule has 0 radical (unpaired) electrons. The van der Waals surface area contributed by atoms with Gasteiger partial charge in [-0.15, -0.1) is 0 Å². The van der Waals surface area contributed by atoms with Crippen molar-refractivity contribution in [1.82, 2.24) is 4.98 Å². The standard InChI is InChI=1S/C6H6FNO/c7-5-2-1-3-8-6(5)4-9/h1-3,9H,4H2/i4D/t4-/m1/s1. The molecule has 0 fully saturated rings. The van der Waals surface area contributed by atoms with Crippen molar-refractivity contribution in [3.63, 3.8) is 0 Å². The fourth-order valence-electron chi connectivity index (χ4n) is 0.493. The molecular formula is C6H6FNO. The van der Waals surface area contributed by atoms with E-state index in [9.17, 15) is 4.39 Å². The van der Waals surface area contributed by atoms with Crippen LogP contribution in [0, 0.1) is 5.82 Å². The molecule has 1 heterocycles. The van der Waals surface area contributed by atoms with Gasteiger partial charge in [0, 0.05) is 6.20 Å². The maximum atomic E-state index is 12.5. The highest BCUT2D eigenvalue weighted by Gasteiger charge is 1.96. The Labute approximate surface area is 53.4 Å². The molecule has 0 aliphatic carbocycles. The molecule has 1 atom stereocenters. The van der Waals surface area contributed by atoms with Gasteiger partial charge in [0.25, 0.3) is 0 Å². The van der Waals surface area contributed by atoms with E-state index in [0.717, 1.165) is 6.07 Å². The summed E-state index contributed by atoms with van der Waals surface area (Å²) < 4.78 is 19.2. The van der Waals surface area contributed by atoms with Crippen LogP contribution in [0.3, 0.4) is 0 Å². The lowest BCUT2D eigenvalue weighted by Gasteiger charge is -1.93. The van der Waals surface area contributed by atoms with Crippen molar-refractivity contribution >= 4 is 0 Å². The number of pyridine rings is 1. The van der Waals surface area contributed by atoms with Crippen LogP contribution in [0.4, 0.5) is 4.39 Å². The van der Waals surface area contributed by atoms with Crippen molar-refractivity contribution in [3.8, 4) is 0 Å². The highest BCUT2D eigenvalue weighted by atomic mass is 19.1. The predicted octanol–water partition coefficient (Wildman–Crippen LogP) is 0.713. The molecule has 1 rings (SSSR count). The van der Waals surface area contributed by atoms with Crippen LogP contribution in [0.5, 0.6) is 0 Å². The minimum atomic E-state index is -1.58.